The van der Waals surface area contributed by atoms with Crippen LogP contribution in [-0.2, 0) is 27.8 Å². The molecule has 25 heavy (non-hydrogen) atoms. The van der Waals surface area contributed by atoms with Gasteiger partial charge in [0.2, 0.25) is 5.91 Å². The first kappa shape index (κ1) is 19.1. The number of nitrogens with zero attached hydrogens (tertiary/aromatic N) is 3. The molecule has 0 bridgehead atoms. The number of hydrogen-bond acceptors (Lipinski definition) is 5. The number of aromatic nitrogens is 2. The molecule has 132 valence electrons. The van der Waals surface area contributed by atoms with Crippen LogP contribution in [0.5, 0.6) is 0 Å². The van der Waals surface area contributed by atoms with Crippen molar-refractivity contribution >= 4 is 31.9 Å². The molecule has 0 aliphatic carbocycles. The van der Waals surface area contributed by atoms with Gasteiger partial charge >= 0.3 is 0 Å². The predicted molar refractivity (Wildman–Crippen MR) is 95.3 cm³/mol. The normalized spacial score (nSPS) is 11.2. The third kappa shape index (κ3) is 4.27. The van der Waals surface area contributed by atoms with Crippen LogP contribution in [0.25, 0.3) is 0 Å². The minimum Gasteiger partial charge on any atom is -0.274 e. The summed E-state index contributed by atoms with van der Waals surface area (Å²) < 4.78 is 29.1. The van der Waals surface area contributed by atoms with E-state index in [1.807, 2.05) is 24.6 Å². The van der Waals surface area contributed by atoms with Crippen molar-refractivity contribution in [2.24, 2.45) is 0 Å². The topological polar surface area (TPSA) is 105 Å². The highest BCUT2D eigenvalue weighted by atomic mass is 79.9. The maximum Gasteiger partial charge on any atom is 0.264 e. The average molecular weight is 425 g/mol. The molecule has 7 nitrogen and oxygen atoms in total. The minimum absolute atomic E-state index is 0.0873. The molecule has 1 N–H and O–H groups in total. The highest BCUT2D eigenvalue weighted by molar-refractivity contribution is 9.10. The summed E-state index contributed by atoms with van der Waals surface area (Å²) in [5.41, 5.74) is 2.42. The first-order valence-electron chi connectivity index (χ1n) is 7.47. The van der Waals surface area contributed by atoms with Crippen molar-refractivity contribution in [1.82, 2.24) is 14.5 Å². The third-order valence-corrected chi connectivity index (χ3v) is 5.54. The zero-order valence-electron chi connectivity index (χ0n) is 14.0. The van der Waals surface area contributed by atoms with Gasteiger partial charge in [-0.1, -0.05) is 15.9 Å². The van der Waals surface area contributed by atoms with E-state index in [9.17, 15) is 13.2 Å². The van der Waals surface area contributed by atoms with Crippen molar-refractivity contribution in [3.05, 3.63) is 45.2 Å². The molecule has 0 aliphatic rings. The second kappa shape index (κ2) is 7.37. The number of carbonyl (C=O) groups excluding carboxylic acids is 1. The Morgan fingerprint density at radius 2 is 2.04 bits per heavy atom. The predicted octanol–water partition coefficient (Wildman–Crippen LogP) is 2.20. The van der Waals surface area contributed by atoms with E-state index in [1.165, 1.54) is 18.2 Å². The summed E-state index contributed by atoms with van der Waals surface area (Å²) in [5.74, 6) is -0.652. The quantitative estimate of drug-likeness (QED) is 0.791. The molecule has 0 radical (unpaired) electrons. The number of rotatable bonds is 5. The maximum atomic E-state index is 12.4. The van der Waals surface area contributed by atoms with Crippen molar-refractivity contribution in [3.63, 3.8) is 0 Å². The van der Waals surface area contributed by atoms with Crippen molar-refractivity contribution in [2.45, 2.75) is 38.6 Å². The molecule has 2 aromatic rings. The molecule has 0 spiro atoms. The van der Waals surface area contributed by atoms with E-state index in [-0.39, 0.29) is 16.9 Å². The van der Waals surface area contributed by atoms with Gasteiger partial charge in [0, 0.05) is 22.3 Å². The smallest absolute Gasteiger partial charge is 0.264 e. The largest absolute Gasteiger partial charge is 0.274 e. The molecule has 1 aromatic heterocycles. The summed E-state index contributed by atoms with van der Waals surface area (Å²) in [6, 6.07) is 5.92. The van der Waals surface area contributed by atoms with E-state index in [4.69, 9.17) is 5.26 Å². The molecule has 9 heteroatoms. The Balaban J connectivity index is 2.24. The monoisotopic (exact) mass is 424 g/mol. The lowest BCUT2D eigenvalue weighted by Crippen LogP contribution is -2.32. The maximum absolute atomic E-state index is 12.4. The van der Waals surface area contributed by atoms with Gasteiger partial charge < -0.3 is 0 Å². The number of sulfonamides is 1. The van der Waals surface area contributed by atoms with E-state index in [0.29, 0.717) is 22.3 Å². The first-order chi connectivity index (χ1) is 11.7. The third-order valence-electron chi connectivity index (χ3n) is 3.73. The van der Waals surface area contributed by atoms with E-state index in [0.717, 1.165) is 5.69 Å². The minimum atomic E-state index is -4.07. The Hall–Kier alpha value is -2.18. The second-order valence-electron chi connectivity index (χ2n) is 5.46. The molecule has 0 saturated carbocycles. The molecule has 0 fully saturated rings. The van der Waals surface area contributed by atoms with Gasteiger partial charge in [0.25, 0.3) is 10.0 Å². The van der Waals surface area contributed by atoms with Crippen molar-refractivity contribution < 1.29 is 13.2 Å². The number of aryl methyl sites for hydroxylation is 2. The lowest BCUT2D eigenvalue weighted by Gasteiger charge is -2.08. The summed E-state index contributed by atoms with van der Waals surface area (Å²) in [6.07, 6.45) is -0.0873. The summed E-state index contributed by atoms with van der Waals surface area (Å²) in [4.78, 5) is 12.1. The average Bonchev–Trinajstić information content (AvgIpc) is 2.81. The van der Waals surface area contributed by atoms with Crippen molar-refractivity contribution in [1.29, 1.82) is 5.26 Å². The van der Waals surface area contributed by atoms with Crippen LogP contribution >= 0.6 is 15.9 Å². The molecule has 1 heterocycles. The van der Waals surface area contributed by atoms with E-state index < -0.39 is 15.9 Å². The van der Waals surface area contributed by atoms with Crippen LogP contribution in [0.15, 0.2) is 27.6 Å². The van der Waals surface area contributed by atoms with Crippen molar-refractivity contribution in [3.8, 4) is 6.07 Å². The fraction of sp³-hybridized carbons (Fsp3) is 0.312. The van der Waals surface area contributed by atoms with Gasteiger partial charge in [-0.3, -0.25) is 9.48 Å². The fourth-order valence-corrected chi connectivity index (χ4v) is 4.18. The van der Waals surface area contributed by atoms with Crippen LogP contribution in [-0.4, -0.2) is 24.1 Å². The molecule has 0 aliphatic heterocycles. The second-order valence-corrected chi connectivity index (χ2v) is 8.06. The van der Waals surface area contributed by atoms with Crippen LogP contribution in [0.3, 0.4) is 0 Å². The van der Waals surface area contributed by atoms with E-state index in [1.54, 1.807) is 11.6 Å². The SMILES string of the molecule is CCn1nc(C)c(CC(=O)NS(=O)(=O)c2cc(Br)cc(C#N)c2)c1C. The number of nitrogens with one attached hydrogen (secondary N) is 1. The van der Waals surface area contributed by atoms with Gasteiger partial charge in [-0.15, -0.1) is 0 Å². The zero-order valence-corrected chi connectivity index (χ0v) is 16.4. The molecule has 0 unspecified atom stereocenters. The molecule has 1 aromatic carbocycles. The number of halogens is 1. The lowest BCUT2D eigenvalue weighted by molar-refractivity contribution is -0.118. The molecule has 0 saturated heterocycles. The van der Waals surface area contributed by atoms with Crippen LogP contribution < -0.4 is 4.72 Å². The van der Waals surface area contributed by atoms with Gasteiger partial charge in [-0.2, -0.15) is 10.4 Å². The van der Waals surface area contributed by atoms with Crippen LogP contribution in [0, 0.1) is 25.2 Å². The molecular weight excluding hydrogens is 408 g/mol. The summed E-state index contributed by atoms with van der Waals surface area (Å²) in [5, 5.41) is 13.3. The molecular formula is C16H17BrN4O3S. The van der Waals surface area contributed by atoms with Gasteiger partial charge in [-0.25, -0.2) is 13.1 Å². The standard InChI is InChI=1S/C16H17BrN4O3S/c1-4-21-11(3)15(10(2)19-21)8-16(22)20-25(23,24)14-6-12(9-18)5-13(17)7-14/h5-7H,4,8H2,1-3H3,(H,20,22). The van der Waals surface area contributed by atoms with Crippen LogP contribution in [0.1, 0.15) is 29.4 Å². The Morgan fingerprint density at radius 1 is 1.36 bits per heavy atom. The number of nitriles is 1. The molecule has 1 amide bonds. The number of hydrogen-bond donors (Lipinski definition) is 1. The fourth-order valence-electron chi connectivity index (χ4n) is 2.49. The Bertz CT molecular complexity index is 974. The number of carbonyl (C=O) groups is 1. The lowest BCUT2D eigenvalue weighted by atomic mass is 10.1. The highest BCUT2D eigenvalue weighted by Crippen LogP contribution is 2.20. The number of benzene rings is 1. The Labute approximate surface area is 154 Å². The van der Waals surface area contributed by atoms with Gasteiger partial charge in [0.05, 0.1) is 28.6 Å². The van der Waals surface area contributed by atoms with E-state index in [2.05, 4.69) is 21.0 Å². The Morgan fingerprint density at radius 3 is 2.60 bits per heavy atom. The first-order valence-corrected chi connectivity index (χ1v) is 9.74. The van der Waals surface area contributed by atoms with Gasteiger partial charge in [0.15, 0.2) is 0 Å². The van der Waals surface area contributed by atoms with Crippen LogP contribution in [0.4, 0.5) is 0 Å². The molecule has 2 rings (SSSR count). The van der Waals surface area contributed by atoms with Crippen molar-refractivity contribution in [2.75, 3.05) is 0 Å². The molecule has 0 atom stereocenters. The summed E-state index contributed by atoms with van der Waals surface area (Å²) in [6.45, 7) is 6.23. The highest BCUT2D eigenvalue weighted by Gasteiger charge is 2.21. The van der Waals surface area contributed by atoms with Gasteiger partial charge in [-0.05, 0) is 39.0 Å². The van der Waals surface area contributed by atoms with Gasteiger partial charge in [0.1, 0.15) is 0 Å². The zero-order chi connectivity index (χ0) is 18.8. The van der Waals surface area contributed by atoms with Crippen LogP contribution in [0.2, 0.25) is 0 Å². The number of amides is 1. The van der Waals surface area contributed by atoms with E-state index >= 15 is 0 Å². The summed E-state index contributed by atoms with van der Waals surface area (Å²) >= 11 is 3.16. The Kier molecular flexibility index (Phi) is 5.65. The summed E-state index contributed by atoms with van der Waals surface area (Å²) in [7, 11) is -4.07.